The molecule has 0 bridgehead atoms. The molecule has 0 saturated heterocycles. The van der Waals surface area contributed by atoms with Gasteiger partial charge < -0.3 is 4.74 Å². The van der Waals surface area contributed by atoms with Crippen LogP contribution in [0.3, 0.4) is 0 Å². The van der Waals surface area contributed by atoms with Gasteiger partial charge in [-0.25, -0.2) is 4.39 Å². The van der Waals surface area contributed by atoms with Gasteiger partial charge in [0, 0.05) is 16.0 Å². The molecule has 0 aromatic heterocycles. The van der Waals surface area contributed by atoms with Gasteiger partial charge in [-0.2, -0.15) is 0 Å². The van der Waals surface area contributed by atoms with Crippen LogP contribution in [0, 0.1) is 18.2 Å². The van der Waals surface area contributed by atoms with Crippen LogP contribution in [0.1, 0.15) is 18.4 Å². The Labute approximate surface area is 91.4 Å². The van der Waals surface area contributed by atoms with E-state index in [0.29, 0.717) is 15.8 Å². The molecule has 0 N–H and O–H groups in total. The van der Waals surface area contributed by atoms with Crippen molar-refractivity contribution in [2.24, 2.45) is 0 Å². The van der Waals surface area contributed by atoms with Gasteiger partial charge in [-0.15, -0.1) is 6.42 Å². The average Bonchev–Trinajstić information content (AvgIpc) is 2.15. The minimum atomic E-state index is -0.346. The van der Waals surface area contributed by atoms with E-state index in [0.717, 1.165) is 0 Å². The fraction of sp³-hybridized carbons (Fsp3) is 0.273. The molecule has 1 atom stereocenters. The molecular formula is C11H10BrFO. The third kappa shape index (κ3) is 2.08. The molecule has 0 spiro atoms. The van der Waals surface area contributed by atoms with Crippen LogP contribution in [-0.2, 0) is 0 Å². The summed E-state index contributed by atoms with van der Waals surface area (Å²) in [4.78, 5) is 0. The highest BCUT2D eigenvalue weighted by Crippen LogP contribution is 2.32. The number of benzene rings is 1. The fourth-order valence-corrected chi connectivity index (χ4v) is 1.64. The van der Waals surface area contributed by atoms with E-state index in [1.807, 2.05) is 0 Å². The van der Waals surface area contributed by atoms with E-state index in [2.05, 4.69) is 21.9 Å². The summed E-state index contributed by atoms with van der Waals surface area (Å²) in [5.74, 6) is 2.32. The second kappa shape index (κ2) is 4.47. The van der Waals surface area contributed by atoms with Gasteiger partial charge in [-0.1, -0.05) is 21.9 Å². The summed E-state index contributed by atoms with van der Waals surface area (Å²) in [6, 6.07) is 3.08. The highest BCUT2D eigenvalue weighted by atomic mass is 79.9. The summed E-state index contributed by atoms with van der Waals surface area (Å²) in [5.41, 5.74) is 0.429. The predicted molar refractivity (Wildman–Crippen MR) is 57.9 cm³/mol. The highest BCUT2D eigenvalue weighted by molar-refractivity contribution is 9.10. The molecule has 1 aromatic rings. The molecule has 0 fully saturated rings. The molecule has 0 aliphatic rings. The van der Waals surface area contributed by atoms with Crippen molar-refractivity contribution in [1.82, 2.24) is 0 Å². The third-order valence-corrected chi connectivity index (χ3v) is 2.42. The van der Waals surface area contributed by atoms with Crippen molar-refractivity contribution in [3.8, 4) is 18.1 Å². The van der Waals surface area contributed by atoms with Gasteiger partial charge in [0.1, 0.15) is 11.6 Å². The number of halogens is 2. The normalized spacial score (nSPS) is 11.9. The molecule has 3 heteroatoms. The van der Waals surface area contributed by atoms with E-state index >= 15 is 0 Å². The van der Waals surface area contributed by atoms with Crippen molar-refractivity contribution in [1.29, 1.82) is 0 Å². The lowest BCUT2D eigenvalue weighted by Gasteiger charge is -2.12. The van der Waals surface area contributed by atoms with Crippen LogP contribution in [0.15, 0.2) is 16.6 Å². The lowest BCUT2D eigenvalue weighted by atomic mass is 10.0. The largest absolute Gasteiger partial charge is 0.496 e. The zero-order chi connectivity index (χ0) is 10.7. The quantitative estimate of drug-likeness (QED) is 0.738. The van der Waals surface area contributed by atoms with Crippen molar-refractivity contribution < 1.29 is 9.13 Å². The lowest BCUT2D eigenvalue weighted by Crippen LogP contribution is -1.99. The molecule has 0 saturated carbocycles. The Kier molecular flexibility index (Phi) is 3.54. The molecule has 0 aliphatic heterocycles. The lowest BCUT2D eigenvalue weighted by molar-refractivity contribution is 0.403. The molecule has 1 aromatic carbocycles. The van der Waals surface area contributed by atoms with Gasteiger partial charge in [0.05, 0.1) is 7.11 Å². The van der Waals surface area contributed by atoms with E-state index in [-0.39, 0.29) is 11.7 Å². The zero-order valence-corrected chi connectivity index (χ0v) is 9.56. The Hall–Kier alpha value is -1.01. The summed E-state index contributed by atoms with van der Waals surface area (Å²) >= 11 is 3.19. The number of hydrogen-bond donors (Lipinski definition) is 0. The first-order valence-corrected chi connectivity index (χ1v) is 4.88. The Morgan fingerprint density at radius 3 is 2.71 bits per heavy atom. The zero-order valence-electron chi connectivity index (χ0n) is 7.97. The van der Waals surface area contributed by atoms with E-state index in [9.17, 15) is 4.39 Å². The van der Waals surface area contributed by atoms with Crippen LogP contribution < -0.4 is 4.74 Å². The molecule has 0 aliphatic carbocycles. The molecule has 0 amide bonds. The highest BCUT2D eigenvalue weighted by Gasteiger charge is 2.15. The number of ether oxygens (including phenoxy) is 1. The van der Waals surface area contributed by atoms with Crippen molar-refractivity contribution in [2.45, 2.75) is 12.8 Å². The molecular weight excluding hydrogens is 247 g/mol. The van der Waals surface area contributed by atoms with Crippen LogP contribution in [0.5, 0.6) is 5.75 Å². The van der Waals surface area contributed by atoms with Crippen LogP contribution in [-0.4, -0.2) is 7.11 Å². The maximum Gasteiger partial charge on any atom is 0.132 e. The van der Waals surface area contributed by atoms with Crippen LogP contribution >= 0.6 is 15.9 Å². The second-order valence-corrected chi connectivity index (χ2v) is 3.81. The average molecular weight is 257 g/mol. The Balaban J connectivity index is 3.34. The maximum absolute atomic E-state index is 13.5. The van der Waals surface area contributed by atoms with Gasteiger partial charge in [-0.05, 0) is 19.1 Å². The summed E-state index contributed by atoms with van der Waals surface area (Å²) in [6.07, 6.45) is 5.25. The third-order valence-electron chi connectivity index (χ3n) is 1.96. The van der Waals surface area contributed by atoms with E-state index < -0.39 is 0 Å². The SMILES string of the molecule is C#CC(C)c1c(F)cc(Br)cc1OC. The molecule has 0 heterocycles. The minimum Gasteiger partial charge on any atom is -0.496 e. The van der Waals surface area contributed by atoms with E-state index in [1.165, 1.54) is 13.2 Å². The maximum atomic E-state index is 13.5. The molecule has 1 unspecified atom stereocenters. The van der Waals surface area contributed by atoms with Gasteiger partial charge >= 0.3 is 0 Å². The molecule has 74 valence electrons. The number of terminal acetylenes is 1. The van der Waals surface area contributed by atoms with Gasteiger partial charge in [0.15, 0.2) is 0 Å². The predicted octanol–water partition coefficient (Wildman–Crippen LogP) is 3.33. The Morgan fingerprint density at radius 1 is 1.57 bits per heavy atom. The van der Waals surface area contributed by atoms with Crippen molar-refractivity contribution in [3.63, 3.8) is 0 Å². The molecule has 1 rings (SSSR count). The number of methoxy groups -OCH3 is 1. The van der Waals surface area contributed by atoms with Crippen molar-refractivity contribution >= 4 is 15.9 Å². The van der Waals surface area contributed by atoms with Gasteiger partial charge in [0.25, 0.3) is 0 Å². The van der Waals surface area contributed by atoms with Crippen LogP contribution in [0.4, 0.5) is 4.39 Å². The molecule has 14 heavy (non-hydrogen) atoms. The summed E-state index contributed by atoms with van der Waals surface area (Å²) < 4.78 is 19.2. The smallest absolute Gasteiger partial charge is 0.132 e. The van der Waals surface area contributed by atoms with Gasteiger partial charge in [-0.3, -0.25) is 0 Å². The first-order chi connectivity index (χ1) is 6.60. The summed E-state index contributed by atoms with van der Waals surface area (Å²) in [6.45, 7) is 1.76. The van der Waals surface area contributed by atoms with Crippen molar-refractivity contribution in [3.05, 3.63) is 28.0 Å². The standard InChI is InChI=1S/C11H10BrFO/c1-4-7(2)11-9(13)5-8(12)6-10(11)14-3/h1,5-7H,2-3H3. The Morgan fingerprint density at radius 2 is 2.21 bits per heavy atom. The summed E-state index contributed by atoms with van der Waals surface area (Å²) in [7, 11) is 1.49. The number of rotatable bonds is 2. The monoisotopic (exact) mass is 256 g/mol. The van der Waals surface area contributed by atoms with E-state index in [1.54, 1.807) is 13.0 Å². The number of hydrogen-bond acceptors (Lipinski definition) is 1. The minimum absolute atomic E-state index is 0.293. The molecule has 0 radical (unpaired) electrons. The Bertz CT molecular complexity index is 382. The van der Waals surface area contributed by atoms with E-state index in [4.69, 9.17) is 11.2 Å². The fourth-order valence-electron chi connectivity index (χ4n) is 1.23. The van der Waals surface area contributed by atoms with Crippen LogP contribution in [0.2, 0.25) is 0 Å². The van der Waals surface area contributed by atoms with Gasteiger partial charge in [0.2, 0.25) is 0 Å². The molecule has 1 nitrogen and oxygen atoms in total. The second-order valence-electron chi connectivity index (χ2n) is 2.89. The topological polar surface area (TPSA) is 9.23 Å². The summed E-state index contributed by atoms with van der Waals surface area (Å²) in [5, 5.41) is 0. The van der Waals surface area contributed by atoms with Crippen molar-refractivity contribution in [2.75, 3.05) is 7.11 Å². The first-order valence-electron chi connectivity index (χ1n) is 4.09. The first kappa shape index (κ1) is 11.1. The van der Waals surface area contributed by atoms with Crippen LogP contribution in [0.25, 0.3) is 0 Å².